The number of furan rings is 1. The molecule has 2 aromatic rings. The van der Waals surface area contributed by atoms with Crippen molar-refractivity contribution in [2.24, 2.45) is 5.73 Å². The number of halogens is 1. The maximum Gasteiger partial charge on any atom is 0.162 e. The summed E-state index contributed by atoms with van der Waals surface area (Å²) >= 11 is 3.57. The summed E-state index contributed by atoms with van der Waals surface area (Å²) in [5.74, 6) is 3.18. The molecule has 1 atom stereocenters. The van der Waals surface area contributed by atoms with Crippen LogP contribution < -0.4 is 15.2 Å². The van der Waals surface area contributed by atoms with Gasteiger partial charge >= 0.3 is 0 Å². The van der Waals surface area contributed by atoms with Gasteiger partial charge in [0.05, 0.1) is 19.3 Å². The van der Waals surface area contributed by atoms with Crippen molar-refractivity contribution < 1.29 is 13.9 Å². The van der Waals surface area contributed by atoms with Crippen LogP contribution in [0.15, 0.2) is 33.2 Å². The lowest BCUT2D eigenvalue weighted by Gasteiger charge is -2.15. The molecule has 0 fully saturated rings. The van der Waals surface area contributed by atoms with E-state index in [9.17, 15) is 0 Å². The van der Waals surface area contributed by atoms with Crippen LogP contribution in [0.5, 0.6) is 11.5 Å². The van der Waals surface area contributed by atoms with E-state index in [1.54, 1.807) is 0 Å². The maximum absolute atomic E-state index is 6.34. The highest BCUT2D eigenvalue weighted by Crippen LogP contribution is 2.38. The Bertz CT molecular complexity index is 638. The minimum absolute atomic E-state index is 0.336. The molecular formula is C16H18BrNO3. The van der Waals surface area contributed by atoms with Crippen molar-refractivity contribution >= 4 is 15.9 Å². The summed E-state index contributed by atoms with van der Waals surface area (Å²) in [6.45, 7) is 3.38. The Balaban J connectivity index is 1.95. The number of hydrogen-bond donors (Lipinski definition) is 1. The first-order chi connectivity index (χ1) is 10.2. The average Bonchev–Trinajstić information content (AvgIpc) is 2.86. The summed E-state index contributed by atoms with van der Waals surface area (Å²) in [4.78, 5) is 0. The molecule has 0 spiro atoms. The third-order valence-electron chi connectivity index (χ3n) is 3.54. The molecule has 1 aliphatic rings. The Kier molecular flexibility index (Phi) is 4.22. The van der Waals surface area contributed by atoms with Crippen LogP contribution in [0.2, 0.25) is 0 Å². The van der Waals surface area contributed by atoms with Crippen LogP contribution in [0.25, 0.3) is 0 Å². The standard InChI is InChI=1S/C16H18BrNO3/c1-2-10-4-5-13(21-10)16(18)11-8-14-15(9-12(11)17)20-7-3-6-19-14/h4-5,8-9,16H,2-3,6-7,18H2,1H3. The predicted molar refractivity (Wildman–Crippen MR) is 83.9 cm³/mol. The first-order valence-corrected chi connectivity index (χ1v) is 7.91. The largest absolute Gasteiger partial charge is 0.490 e. The summed E-state index contributed by atoms with van der Waals surface area (Å²) in [5.41, 5.74) is 7.26. The van der Waals surface area contributed by atoms with Crippen molar-refractivity contribution in [1.29, 1.82) is 0 Å². The van der Waals surface area contributed by atoms with Crippen molar-refractivity contribution in [2.75, 3.05) is 13.2 Å². The van der Waals surface area contributed by atoms with Gasteiger partial charge in [-0.2, -0.15) is 0 Å². The van der Waals surface area contributed by atoms with Crippen molar-refractivity contribution in [3.63, 3.8) is 0 Å². The Labute approximate surface area is 132 Å². The zero-order chi connectivity index (χ0) is 14.8. The summed E-state index contributed by atoms with van der Waals surface area (Å²) in [6.07, 6.45) is 1.74. The summed E-state index contributed by atoms with van der Waals surface area (Å²) in [7, 11) is 0. The van der Waals surface area contributed by atoms with Gasteiger partial charge in [0.2, 0.25) is 0 Å². The number of benzene rings is 1. The maximum atomic E-state index is 6.34. The number of aryl methyl sites for hydroxylation is 1. The zero-order valence-corrected chi connectivity index (χ0v) is 13.5. The quantitative estimate of drug-likeness (QED) is 0.913. The second-order valence-corrected chi connectivity index (χ2v) is 5.86. The molecule has 1 aromatic heterocycles. The molecule has 21 heavy (non-hydrogen) atoms. The normalized spacial score (nSPS) is 15.6. The summed E-state index contributed by atoms with van der Waals surface area (Å²) < 4.78 is 18.0. The monoisotopic (exact) mass is 351 g/mol. The first kappa shape index (κ1) is 14.5. The van der Waals surface area contributed by atoms with Crippen molar-refractivity contribution in [1.82, 2.24) is 0 Å². The van der Waals surface area contributed by atoms with Gasteiger partial charge in [0, 0.05) is 17.3 Å². The van der Waals surface area contributed by atoms with Gasteiger partial charge in [-0.1, -0.05) is 22.9 Å². The molecule has 1 unspecified atom stereocenters. The Hall–Kier alpha value is -1.46. The summed E-state index contributed by atoms with van der Waals surface area (Å²) in [6, 6.07) is 7.41. The van der Waals surface area contributed by atoms with Crippen molar-refractivity contribution in [3.05, 3.63) is 45.8 Å². The minimum atomic E-state index is -0.336. The molecular weight excluding hydrogens is 334 g/mol. The van der Waals surface area contributed by atoms with Gasteiger partial charge in [-0.25, -0.2) is 0 Å². The number of fused-ring (bicyclic) bond motifs is 1. The summed E-state index contributed by atoms with van der Waals surface area (Å²) in [5, 5.41) is 0. The van der Waals surface area contributed by atoms with Gasteiger partial charge in [-0.05, 0) is 29.8 Å². The van der Waals surface area contributed by atoms with Gasteiger partial charge in [-0.3, -0.25) is 0 Å². The van der Waals surface area contributed by atoms with Crippen LogP contribution in [0.4, 0.5) is 0 Å². The highest BCUT2D eigenvalue weighted by atomic mass is 79.9. The minimum Gasteiger partial charge on any atom is -0.490 e. The fourth-order valence-electron chi connectivity index (χ4n) is 2.34. The average molecular weight is 352 g/mol. The van der Waals surface area contributed by atoms with Crippen LogP contribution in [-0.2, 0) is 6.42 Å². The lowest BCUT2D eigenvalue weighted by atomic mass is 10.0. The van der Waals surface area contributed by atoms with Gasteiger partial charge in [0.1, 0.15) is 11.5 Å². The molecule has 112 valence electrons. The second-order valence-electron chi connectivity index (χ2n) is 5.01. The predicted octanol–water partition coefficient (Wildman–Crippen LogP) is 3.81. The first-order valence-electron chi connectivity index (χ1n) is 7.12. The molecule has 0 saturated heterocycles. The Morgan fingerprint density at radius 2 is 1.90 bits per heavy atom. The highest BCUT2D eigenvalue weighted by Gasteiger charge is 2.20. The van der Waals surface area contributed by atoms with Gasteiger partial charge < -0.3 is 19.6 Å². The SMILES string of the molecule is CCc1ccc(C(N)c2cc3c(cc2Br)OCCCO3)o1. The lowest BCUT2D eigenvalue weighted by molar-refractivity contribution is 0.297. The second kappa shape index (κ2) is 6.12. The van der Waals surface area contributed by atoms with Crippen LogP contribution in [0.3, 0.4) is 0 Å². The molecule has 3 rings (SSSR count). The smallest absolute Gasteiger partial charge is 0.162 e. The number of nitrogens with two attached hydrogens (primary N) is 1. The van der Waals surface area contributed by atoms with E-state index in [1.165, 1.54) is 0 Å². The molecule has 1 aromatic carbocycles. The third-order valence-corrected chi connectivity index (χ3v) is 4.23. The van der Waals surface area contributed by atoms with Gasteiger partial charge in [0.25, 0.3) is 0 Å². The van der Waals surface area contributed by atoms with E-state index in [4.69, 9.17) is 19.6 Å². The molecule has 2 heterocycles. The van der Waals surface area contributed by atoms with Crippen molar-refractivity contribution in [2.45, 2.75) is 25.8 Å². The van der Waals surface area contributed by atoms with Crippen LogP contribution in [0, 0.1) is 0 Å². The molecule has 0 aliphatic carbocycles. The van der Waals surface area contributed by atoms with Gasteiger partial charge in [0.15, 0.2) is 11.5 Å². The highest BCUT2D eigenvalue weighted by molar-refractivity contribution is 9.10. The molecule has 0 bridgehead atoms. The molecule has 2 N–H and O–H groups in total. The molecule has 0 radical (unpaired) electrons. The number of rotatable bonds is 3. The van der Waals surface area contributed by atoms with E-state index in [0.29, 0.717) is 13.2 Å². The van der Waals surface area contributed by atoms with E-state index >= 15 is 0 Å². The van der Waals surface area contributed by atoms with E-state index in [0.717, 1.165) is 45.9 Å². The van der Waals surface area contributed by atoms with E-state index in [-0.39, 0.29) is 6.04 Å². The lowest BCUT2D eigenvalue weighted by Crippen LogP contribution is -2.12. The zero-order valence-electron chi connectivity index (χ0n) is 11.9. The van der Waals surface area contributed by atoms with E-state index < -0.39 is 0 Å². The van der Waals surface area contributed by atoms with Crippen LogP contribution in [-0.4, -0.2) is 13.2 Å². The van der Waals surface area contributed by atoms with Crippen LogP contribution >= 0.6 is 15.9 Å². The molecule has 4 nitrogen and oxygen atoms in total. The van der Waals surface area contributed by atoms with E-state index in [2.05, 4.69) is 22.9 Å². The fraction of sp³-hybridized carbons (Fsp3) is 0.375. The molecule has 5 heteroatoms. The molecule has 1 aliphatic heterocycles. The molecule has 0 amide bonds. The number of hydrogen-bond acceptors (Lipinski definition) is 4. The number of ether oxygens (including phenoxy) is 2. The third kappa shape index (κ3) is 2.94. The fourth-order valence-corrected chi connectivity index (χ4v) is 2.91. The molecule has 0 saturated carbocycles. The van der Waals surface area contributed by atoms with Crippen LogP contribution in [0.1, 0.15) is 36.5 Å². The van der Waals surface area contributed by atoms with Gasteiger partial charge in [-0.15, -0.1) is 0 Å². The Morgan fingerprint density at radius 1 is 1.19 bits per heavy atom. The van der Waals surface area contributed by atoms with E-state index in [1.807, 2.05) is 24.3 Å². The Morgan fingerprint density at radius 3 is 2.57 bits per heavy atom. The topological polar surface area (TPSA) is 57.6 Å². The van der Waals surface area contributed by atoms with Crippen molar-refractivity contribution in [3.8, 4) is 11.5 Å².